The molecule has 3 aromatic rings. The zero-order chi connectivity index (χ0) is 30.5. The van der Waals surface area contributed by atoms with Gasteiger partial charge in [-0.1, -0.05) is 41.9 Å². The lowest BCUT2D eigenvalue weighted by Gasteiger charge is -2.32. The lowest BCUT2D eigenvalue weighted by Crippen LogP contribution is -2.52. The van der Waals surface area contributed by atoms with E-state index in [1.807, 2.05) is 0 Å². The molecule has 0 saturated heterocycles. The molecule has 1 atom stereocenters. The van der Waals surface area contributed by atoms with E-state index < -0.39 is 57.7 Å². The average molecular weight is 614 g/mol. The van der Waals surface area contributed by atoms with E-state index in [2.05, 4.69) is 5.32 Å². The molecule has 0 aliphatic heterocycles. The molecule has 3 rings (SSSR count). The first-order chi connectivity index (χ1) is 19.1. The molecule has 0 spiro atoms. The molecule has 13 heteroatoms. The van der Waals surface area contributed by atoms with Gasteiger partial charge < -0.3 is 10.2 Å². The van der Waals surface area contributed by atoms with E-state index >= 15 is 0 Å². The number of nitrogens with zero attached hydrogens (tertiary/aromatic N) is 2. The predicted molar refractivity (Wildman–Crippen MR) is 147 cm³/mol. The quantitative estimate of drug-likeness (QED) is 0.300. The van der Waals surface area contributed by atoms with Crippen LogP contribution in [0.15, 0.2) is 77.7 Å². The molecule has 2 amide bonds. The molecular formula is C28H28ClF4N3O4S. The van der Waals surface area contributed by atoms with Gasteiger partial charge in [0, 0.05) is 12.6 Å². The number of carbonyl (C=O) groups is 2. The molecule has 3 aromatic carbocycles. The SMILES string of the molecule is CC(C)NC(=O)[C@@H](C)N(Cc1ccc(F)cc1)C(=O)CN(c1cc(C(F)(F)F)ccc1Cl)S(=O)(=O)c1ccccc1. The third-order valence-corrected chi connectivity index (χ3v) is 8.11. The highest BCUT2D eigenvalue weighted by atomic mass is 35.5. The minimum atomic E-state index is -4.83. The molecule has 7 nitrogen and oxygen atoms in total. The Kier molecular flexibility index (Phi) is 10.0. The first-order valence-electron chi connectivity index (χ1n) is 12.4. The Morgan fingerprint density at radius 2 is 1.56 bits per heavy atom. The topological polar surface area (TPSA) is 86.8 Å². The van der Waals surface area contributed by atoms with Crippen molar-refractivity contribution in [1.29, 1.82) is 0 Å². The lowest BCUT2D eigenvalue weighted by molar-refractivity contribution is -0.139. The van der Waals surface area contributed by atoms with Gasteiger partial charge in [-0.15, -0.1) is 0 Å². The second-order valence-electron chi connectivity index (χ2n) is 9.48. The van der Waals surface area contributed by atoms with E-state index in [1.54, 1.807) is 19.9 Å². The van der Waals surface area contributed by atoms with Crippen LogP contribution in [0.1, 0.15) is 31.9 Å². The Balaban J connectivity index is 2.12. The van der Waals surface area contributed by atoms with Crippen molar-refractivity contribution in [2.24, 2.45) is 0 Å². The molecule has 0 aliphatic carbocycles. The van der Waals surface area contributed by atoms with Gasteiger partial charge in [0.15, 0.2) is 0 Å². The summed E-state index contributed by atoms with van der Waals surface area (Å²) in [6.07, 6.45) is -4.83. The van der Waals surface area contributed by atoms with Crippen molar-refractivity contribution < 1.29 is 35.6 Å². The molecule has 1 N–H and O–H groups in total. The molecule has 41 heavy (non-hydrogen) atoms. The smallest absolute Gasteiger partial charge is 0.352 e. The van der Waals surface area contributed by atoms with E-state index in [9.17, 15) is 35.6 Å². The van der Waals surface area contributed by atoms with E-state index in [-0.39, 0.29) is 22.5 Å². The minimum absolute atomic E-state index is 0.221. The fourth-order valence-corrected chi connectivity index (χ4v) is 5.60. The number of rotatable bonds is 10. The van der Waals surface area contributed by atoms with Gasteiger partial charge in [-0.25, -0.2) is 12.8 Å². The molecular weight excluding hydrogens is 586 g/mol. The minimum Gasteiger partial charge on any atom is -0.352 e. The molecule has 0 aliphatic rings. The summed E-state index contributed by atoms with van der Waals surface area (Å²) in [5.41, 5.74) is -1.32. The van der Waals surface area contributed by atoms with E-state index in [0.717, 1.165) is 23.1 Å². The number of halogens is 5. The van der Waals surface area contributed by atoms with Gasteiger partial charge in [0.05, 0.1) is 21.2 Å². The number of carbonyl (C=O) groups excluding carboxylic acids is 2. The average Bonchev–Trinajstić information content (AvgIpc) is 2.90. The molecule has 0 fully saturated rings. The Labute approximate surface area is 240 Å². The van der Waals surface area contributed by atoms with Crippen molar-refractivity contribution >= 4 is 39.1 Å². The largest absolute Gasteiger partial charge is 0.416 e. The van der Waals surface area contributed by atoms with Crippen LogP contribution in [0, 0.1) is 5.82 Å². The summed E-state index contributed by atoms with van der Waals surface area (Å²) in [6.45, 7) is 3.63. The molecule has 0 unspecified atom stereocenters. The second kappa shape index (κ2) is 12.9. The number of anilines is 1. The predicted octanol–water partition coefficient (Wildman–Crippen LogP) is 5.64. The summed E-state index contributed by atoms with van der Waals surface area (Å²) in [7, 11) is -4.63. The molecule has 0 heterocycles. The fraction of sp³-hybridized carbons (Fsp3) is 0.286. The maximum atomic E-state index is 13.8. The van der Waals surface area contributed by atoms with Gasteiger partial charge in [0.1, 0.15) is 18.4 Å². The van der Waals surface area contributed by atoms with Crippen LogP contribution in [0.2, 0.25) is 5.02 Å². The first-order valence-corrected chi connectivity index (χ1v) is 14.2. The van der Waals surface area contributed by atoms with E-state index in [1.165, 1.54) is 43.3 Å². The van der Waals surface area contributed by atoms with Crippen LogP contribution >= 0.6 is 11.6 Å². The van der Waals surface area contributed by atoms with Crippen LogP contribution < -0.4 is 9.62 Å². The van der Waals surface area contributed by atoms with Crippen LogP contribution in [-0.2, 0) is 32.3 Å². The Bertz CT molecular complexity index is 1480. The summed E-state index contributed by atoms with van der Waals surface area (Å²) in [5.74, 6) is -1.99. The summed E-state index contributed by atoms with van der Waals surface area (Å²) in [5, 5.41) is 2.33. The number of hydrogen-bond donors (Lipinski definition) is 1. The van der Waals surface area contributed by atoms with Crippen molar-refractivity contribution in [2.45, 2.75) is 50.5 Å². The molecule has 0 aromatic heterocycles. The van der Waals surface area contributed by atoms with Crippen LogP contribution in [0.4, 0.5) is 23.2 Å². The first kappa shape index (κ1) is 31.9. The van der Waals surface area contributed by atoms with Crippen LogP contribution in [-0.4, -0.2) is 43.8 Å². The number of amides is 2. The van der Waals surface area contributed by atoms with Crippen molar-refractivity contribution in [2.75, 3.05) is 10.8 Å². The van der Waals surface area contributed by atoms with Gasteiger partial charge in [0.25, 0.3) is 10.0 Å². The number of nitrogens with one attached hydrogen (secondary N) is 1. The highest BCUT2D eigenvalue weighted by molar-refractivity contribution is 7.92. The summed E-state index contributed by atoms with van der Waals surface area (Å²) < 4.78 is 82.2. The standard InChI is InChI=1S/C28H28ClF4N3O4S/c1-18(2)34-27(38)19(3)35(16-20-9-12-22(30)13-10-20)26(37)17-36(41(39,40)23-7-5-4-6-8-23)25-15-21(28(31,32)33)11-14-24(25)29/h4-15,18-19H,16-17H2,1-3H3,(H,34,38)/t19-/m1/s1. The van der Waals surface area contributed by atoms with Gasteiger partial charge in [0.2, 0.25) is 11.8 Å². The fourth-order valence-electron chi connectivity index (χ4n) is 3.89. The van der Waals surface area contributed by atoms with Crippen molar-refractivity contribution in [1.82, 2.24) is 10.2 Å². The maximum Gasteiger partial charge on any atom is 0.416 e. The summed E-state index contributed by atoms with van der Waals surface area (Å²) in [4.78, 5) is 27.5. The maximum absolute atomic E-state index is 13.8. The zero-order valence-corrected chi connectivity index (χ0v) is 23.9. The van der Waals surface area contributed by atoms with Crippen LogP contribution in [0.5, 0.6) is 0 Å². The molecule has 0 radical (unpaired) electrons. The van der Waals surface area contributed by atoms with Crippen LogP contribution in [0.3, 0.4) is 0 Å². The monoisotopic (exact) mass is 613 g/mol. The third kappa shape index (κ3) is 7.98. The Hall–Kier alpha value is -3.64. The van der Waals surface area contributed by atoms with Crippen LogP contribution in [0.25, 0.3) is 0 Å². The second-order valence-corrected chi connectivity index (χ2v) is 11.7. The zero-order valence-electron chi connectivity index (χ0n) is 22.3. The van der Waals surface area contributed by atoms with Gasteiger partial charge in [-0.2, -0.15) is 13.2 Å². The lowest BCUT2D eigenvalue weighted by atomic mass is 10.1. The Morgan fingerprint density at radius 3 is 2.12 bits per heavy atom. The molecule has 0 saturated carbocycles. The summed E-state index contributed by atoms with van der Waals surface area (Å²) in [6, 6.07) is 12.7. The molecule has 220 valence electrons. The number of alkyl halides is 3. The van der Waals surface area contributed by atoms with Crippen molar-refractivity contribution in [3.63, 3.8) is 0 Å². The number of hydrogen-bond acceptors (Lipinski definition) is 4. The van der Waals surface area contributed by atoms with Gasteiger partial charge in [-0.05, 0) is 68.8 Å². The van der Waals surface area contributed by atoms with Crippen molar-refractivity contribution in [3.05, 3.63) is 94.8 Å². The highest BCUT2D eigenvalue weighted by Crippen LogP contribution is 2.37. The van der Waals surface area contributed by atoms with Gasteiger partial charge in [-0.3, -0.25) is 13.9 Å². The summed E-state index contributed by atoms with van der Waals surface area (Å²) >= 11 is 6.21. The number of sulfonamides is 1. The highest BCUT2D eigenvalue weighted by Gasteiger charge is 2.36. The van der Waals surface area contributed by atoms with Gasteiger partial charge >= 0.3 is 6.18 Å². The third-order valence-electron chi connectivity index (χ3n) is 6.02. The molecule has 0 bridgehead atoms. The number of benzene rings is 3. The van der Waals surface area contributed by atoms with E-state index in [0.29, 0.717) is 22.0 Å². The van der Waals surface area contributed by atoms with Crippen molar-refractivity contribution in [3.8, 4) is 0 Å². The normalized spacial score (nSPS) is 12.6. The Morgan fingerprint density at radius 1 is 0.951 bits per heavy atom. The van der Waals surface area contributed by atoms with E-state index in [4.69, 9.17) is 11.6 Å².